The molecule has 1 saturated heterocycles. The Balaban J connectivity index is 2.34. The maximum Gasteiger partial charge on any atom is 0.240 e. The van der Waals surface area contributed by atoms with E-state index >= 15 is 0 Å². The van der Waals surface area contributed by atoms with Crippen LogP contribution in [0, 0.1) is 0 Å². The maximum absolute atomic E-state index is 11.5. The molecule has 0 radical (unpaired) electrons. The number of carbonyl (C=O) groups excluding carboxylic acids is 1. The lowest BCUT2D eigenvalue weighted by Gasteiger charge is -2.33. The van der Waals surface area contributed by atoms with E-state index in [-0.39, 0.29) is 11.9 Å². The number of aliphatic hydroxyl groups excluding tert-OH is 1. The Bertz CT molecular complexity index is 380. The number of hydrogen-bond acceptors (Lipinski definition) is 3. The molecule has 1 heterocycles. The minimum atomic E-state index is -0.715. The number of anilines is 1. The first-order chi connectivity index (χ1) is 7.61. The molecule has 0 aliphatic carbocycles. The van der Waals surface area contributed by atoms with E-state index in [0.29, 0.717) is 6.42 Å². The fourth-order valence-electron chi connectivity index (χ4n) is 2.18. The fourth-order valence-corrected chi connectivity index (χ4v) is 2.18. The third kappa shape index (κ3) is 1.76. The number of para-hydroxylation sites is 1. The van der Waals surface area contributed by atoms with Gasteiger partial charge >= 0.3 is 0 Å². The van der Waals surface area contributed by atoms with Crippen molar-refractivity contribution in [3.8, 4) is 0 Å². The third-order valence-corrected chi connectivity index (χ3v) is 2.83. The molecule has 86 valence electrons. The molecule has 1 aromatic rings. The molecule has 1 aliphatic rings. The SMILES string of the molecule is CC(=O)N1[C@@H](O)C[C@@H](C)N1c1ccccc1. The van der Waals surface area contributed by atoms with Gasteiger partial charge in [0.05, 0.1) is 11.7 Å². The van der Waals surface area contributed by atoms with Crippen molar-refractivity contribution in [3.05, 3.63) is 30.3 Å². The summed E-state index contributed by atoms with van der Waals surface area (Å²) in [5, 5.41) is 13.1. The van der Waals surface area contributed by atoms with E-state index in [1.54, 1.807) is 0 Å². The van der Waals surface area contributed by atoms with Crippen molar-refractivity contribution in [2.75, 3.05) is 5.01 Å². The molecule has 0 aromatic heterocycles. The topological polar surface area (TPSA) is 43.8 Å². The second-order valence-corrected chi connectivity index (χ2v) is 4.11. The van der Waals surface area contributed by atoms with Gasteiger partial charge in [-0.25, -0.2) is 5.01 Å². The molecule has 4 heteroatoms. The Labute approximate surface area is 95.1 Å². The van der Waals surface area contributed by atoms with E-state index in [1.165, 1.54) is 11.9 Å². The highest BCUT2D eigenvalue weighted by atomic mass is 16.3. The molecule has 1 fully saturated rings. The third-order valence-electron chi connectivity index (χ3n) is 2.83. The minimum Gasteiger partial charge on any atom is -0.372 e. The number of hydrazine groups is 1. The molecule has 0 spiro atoms. The van der Waals surface area contributed by atoms with Gasteiger partial charge in [0.1, 0.15) is 0 Å². The van der Waals surface area contributed by atoms with Gasteiger partial charge in [-0.05, 0) is 19.1 Å². The summed E-state index contributed by atoms with van der Waals surface area (Å²) < 4.78 is 0. The molecular formula is C12H16N2O2. The van der Waals surface area contributed by atoms with Crippen LogP contribution in [0.4, 0.5) is 5.69 Å². The van der Waals surface area contributed by atoms with Gasteiger partial charge in [-0.1, -0.05) is 18.2 Å². The summed E-state index contributed by atoms with van der Waals surface area (Å²) in [7, 11) is 0. The molecule has 0 unspecified atom stereocenters. The molecule has 16 heavy (non-hydrogen) atoms. The first-order valence-electron chi connectivity index (χ1n) is 5.43. The Morgan fingerprint density at radius 3 is 2.56 bits per heavy atom. The lowest BCUT2D eigenvalue weighted by molar-refractivity contribution is -0.136. The van der Waals surface area contributed by atoms with Crippen LogP contribution in [-0.4, -0.2) is 28.3 Å². The number of aliphatic hydroxyl groups is 1. The summed E-state index contributed by atoms with van der Waals surface area (Å²) in [6.45, 7) is 3.47. The van der Waals surface area contributed by atoms with Gasteiger partial charge < -0.3 is 5.11 Å². The lowest BCUT2D eigenvalue weighted by atomic mass is 10.2. The number of carbonyl (C=O) groups is 1. The molecule has 1 aliphatic heterocycles. The second kappa shape index (κ2) is 4.14. The fraction of sp³-hybridized carbons (Fsp3) is 0.417. The summed E-state index contributed by atoms with van der Waals surface area (Å²) in [6.07, 6.45) is -0.137. The predicted octanol–water partition coefficient (Wildman–Crippen LogP) is 1.37. The van der Waals surface area contributed by atoms with Crippen molar-refractivity contribution < 1.29 is 9.90 Å². The van der Waals surface area contributed by atoms with E-state index in [1.807, 2.05) is 42.3 Å². The summed E-state index contributed by atoms with van der Waals surface area (Å²) in [6, 6.07) is 9.77. The van der Waals surface area contributed by atoms with Crippen molar-refractivity contribution in [2.24, 2.45) is 0 Å². The van der Waals surface area contributed by atoms with Crippen LogP contribution in [0.1, 0.15) is 20.3 Å². The van der Waals surface area contributed by atoms with Crippen molar-refractivity contribution in [3.63, 3.8) is 0 Å². The summed E-state index contributed by atoms with van der Waals surface area (Å²) in [5.74, 6) is -0.138. The number of nitrogens with zero attached hydrogens (tertiary/aromatic N) is 2. The average molecular weight is 220 g/mol. The summed E-state index contributed by atoms with van der Waals surface area (Å²) in [4.78, 5) is 11.5. The van der Waals surface area contributed by atoms with E-state index in [9.17, 15) is 9.90 Å². The molecule has 1 N–H and O–H groups in total. The van der Waals surface area contributed by atoms with Gasteiger partial charge in [0.25, 0.3) is 0 Å². The molecule has 0 saturated carbocycles. The van der Waals surface area contributed by atoms with Crippen LogP contribution in [0.5, 0.6) is 0 Å². The molecule has 1 aromatic carbocycles. The quantitative estimate of drug-likeness (QED) is 0.777. The highest BCUT2D eigenvalue weighted by Crippen LogP contribution is 2.29. The van der Waals surface area contributed by atoms with Crippen molar-refractivity contribution >= 4 is 11.6 Å². The van der Waals surface area contributed by atoms with Crippen molar-refractivity contribution in [1.29, 1.82) is 0 Å². The van der Waals surface area contributed by atoms with Gasteiger partial charge in [-0.2, -0.15) is 0 Å². The normalized spacial score (nSPS) is 24.9. The van der Waals surface area contributed by atoms with Crippen LogP contribution in [-0.2, 0) is 4.79 Å². The Kier molecular flexibility index (Phi) is 2.83. The molecule has 4 nitrogen and oxygen atoms in total. The summed E-state index contributed by atoms with van der Waals surface area (Å²) >= 11 is 0. The Hall–Kier alpha value is -1.55. The van der Waals surface area contributed by atoms with Crippen LogP contribution in [0.2, 0.25) is 0 Å². The zero-order valence-corrected chi connectivity index (χ0v) is 9.50. The smallest absolute Gasteiger partial charge is 0.240 e. The second-order valence-electron chi connectivity index (χ2n) is 4.11. The van der Waals surface area contributed by atoms with Crippen LogP contribution < -0.4 is 5.01 Å². The van der Waals surface area contributed by atoms with Gasteiger partial charge in [0.2, 0.25) is 5.91 Å². The highest BCUT2D eigenvalue weighted by molar-refractivity contribution is 5.76. The molecular weight excluding hydrogens is 204 g/mol. The van der Waals surface area contributed by atoms with Crippen LogP contribution >= 0.6 is 0 Å². The Morgan fingerprint density at radius 1 is 1.38 bits per heavy atom. The molecule has 2 atom stereocenters. The van der Waals surface area contributed by atoms with Crippen molar-refractivity contribution in [2.45, 2.75) is 32.5 Å². The Morgan fingerprint density at radius 2 is 2.00 bits per heavy atom. The van der Waals surface area contributed by atoms with E-state index in [4.69, 9.17) is 0 Å². The number of amides is 1. The van der Waals surface area contributed by atoms with Crippen LogP contribution in [0.25, 0.3) is 0 Å². The monoisotopic (exact) mass is 220 g/mol. The van der Waals surface area contributed by atoms with Crippen LogP contribution in [0.3, 0.4) is 0 Å². The van der Waals surface area contributed by atoms with Gasteiger partial charge in [-0.15, -0.1) is 0 Å². The minimum absolute atomic E-state index is 0.126. The maximum atomic E-state index is 11.5. The van der Waals surface area contributed by atoms with E-state index in [0.717, 1.165) is 5.69 Å². The van der Waals surface area contributed by atoms with E-state index < -0.39 is 6.23 Å². The standard InChI is InChI=1S/C12H16N2O2/c1-9-8-12(16)14(10(2)15)13(9)11-6-4-3-5-7-11/h3-7,9,12,16H,8H2,1-2H3/t9-,12+/m1/s1. The number of rotatable bonds is 1. The first kappa shape index (κ1) is 11.0. The van der Waals surface area contributed by atoms with E-state index in [2.05, 4.69) is 0 Å². The zero-order chi connectivity index (χ0) is 11.7. The highest BCUT2D eigenvalue weighted by Gasteiger charge is 2.37. The van der Waals surface area contributed by atoms with Gasteiger partial charge in [-0.3, -0.25) is 9.80 Å². The molecule has 2 rings (SSSR count). The average Bonchev–Trinajstić information content (AvgIpc) is 2.55. The van der Waals surface area contributed by atoms with Crippen molar-refractivity contribution in [1.82, 2.24) is 5.01 Å². The number of benzene rings is 1. The summed E-state index contributed by atoms with van der Waals surface area (Å²) in [5.41, 5.74) is 0.932. The van der Waals surface area contributed by atoms with Gasteiger partial charge in [0.15, 0.2) is 6.23 Å². The lowest BCUT2D eigenvalue weighted by Crippen LogP contribution is -2.46. The predicted molar refractivity (Wildman–Crippen MR) is 61.5 cm³/mol. The number of hydrogen-bond donors (Lipinski definition) is 1. The molecule has 1 amide bonds. The van der Waals surface area contributed by atoms with Gasteiger partial charge in [0, 0.05) is 13.3 Å². The first-order valence-corrected chi connectivity index (χ1v) is 5.43. The largest absolute Gasteiger partial charge is 0.372 e. The molecule has 0 bridgehead atoms. The zero-order valence-electron chi connectivity index (χ0n) is 9.50. The van der Waals surface area contributed by atoms with Crippen LogP contribution in [0.15, 0.2) is 30.3 Å².